The third-order valence-corrected chi connectivity index (χ3v) is 2.21. The monoisotopic (exact) mass is 219 g/mol. The van der Waals surface area contributed by atoms with Crippen molar-refractivity contribution in [2.24, 2.45) is 5.73 Å². The minimum atomic E-state index is -0.627. The van der Waals surface area contributed by atoms with Crippen molar-refractivity contribution in [3.8, 4) is 5.75 Å². The van der Waals surface area contributed by atoms with E-state index in [4.69, 9.17) is 15.2 Å². The Hall–Kier alpha value is -1.81. The molecule has 16 heavy (non-hydrogen) atoms. The quantitative estimate of drug-likeness (QED) is 0.762. The van der Waals surface area contributed by atoms with E-state index in [1.165, 1.54) is 0 Å². The second-order valence-corrected chi connectivity index (χ2v) is 3.65. The molecule has 0 spiro atoms. The van der Waals surface area contributed by atoms with Crippen LogP contribution in [0.3, 0.4) is 0 Å². The van der Waals surface area contributed by atoms with Crippen LogP contribution in [-0.4, -0.2) is 18.6 Å². The van der Waals surface area contributed by atoms with Crippen LogP contribution in [0.4, 0.5) is 0 Å². The molecule has 0 aromatic heterocycles. The summed E-state index contributed by atoms with van der Waals surface area (Å²) in [5.41, 5.74) is 6.31. The predicted molar refractivity (Wildman–Crippen MR) is 59.7 cm³/mol. The van der Waals surface area contributed by atoms with Crippen LogP contribution < -0.4 is 10.5 Å². The van der Waals surface area contributed by atoms with Gasteiger partial charge in [-0.1, -0.05) is 18.2 Å². The summed E-state index contributed by atoms with van der Waals surface area (Å²) in [4.78, 5) is 11.3. The van der Waals surface area contributed by atoms with E-state index in [0.29, 0.717) is 5.76 Å². The van der Waals surface area contributed by atoms with E-state index in [1.54, 1.807) is 13.0 Å². The fraction of sp³-hybridized carbons (Fsp3) is 0.250. The molecule has 0 fully saturated rings. The molecule has 84 valence electrons. The molecule has 1 heterocycles. The van der Waals surface area contributed by atoms with Gasteiger partial charge in [0.1, 0.15) is 24.2 Å². The van der Waals surface area contributed by atoms with Crippen LogP contribution >= 0.6 is 0 Å². The van der Waals surface area contributed by atoms with Crippen LogP contribution in [-0.2, 0) is 9.53 Å². The van der Waals surface area contributed by atoms with Gasteiger partial charge < -0.3 is 15.2 Å². The van der Waals surface area contributed by atoms with Crippen LogP contribution in [0.15, 0.2) is 30.0 Å². The number of hydrogen-bond donors (Lipinski definition) is 1. The number of fused-ring (bicyclic) bond motifs is 1. The van der Waals surface area contributed by atoms with Crippen molar-refractivity contribution < 1.29 is 14.3 Å². The summed E-state index contributed by atoms with van der Waals surface area (Å²) in [6, 6.07) is 6.93. The zero-order valence-electron chi connectivity index (χ0n) is 8.97. The van der Waals surface area contributed by atoms with E-state index >= 15 is 0 Å². The number of carbonyl (C=O) groups excluding carboxylic acids is 1. The van der Waals surface area contributed by atoms with Gasteiger partial charge in [-0.2, -0.15) is 0 Å². The molecule has 0 amide bonds. The number of benzene rings is 1. The highest BCUT2D eigenvalue weighted by Crippen LogP contribution is 2.26. The third kappa shape index (κ3) is 2.23. The lowest BCUT2D eigenvalue weighted by Crippen LogP contribution is -2.29. The molecule has 0 bridgehead atoms. The molecule has 4 nitrogen and oxygen atoms in total. The summed E-state index contributed by atoms with van der Waals surface area (Å²) in [5, 5.41) is 0. The van der Waals surface area contributed by atoms with Crippen molar-refractivity contribution in [2.45, 2.75) is 13.0 Å². The van der Waals surface area contributed by atoms with Gasteiger partial charge in [-0.3, -0.25) is 0 Å². The summed E-state index contributed by atoms with van der Waals surface area (Å²) in [6.45, 7) is 1.84. The number of nitrogens with two attached hydrogens (primary N) is 1. The van der Waals surface area contributed by atoms with Crippen LogP contribution in [0.25, 0.3) is 6.08 Å². The number of hydrogen-bond acceptors (Lipinski definition) is 4. The van der Waals surface area contributed by atoms with E-state index in [0.717, 1.165) is 11.3 Å². The van der Waals surface area contributed by atoms with Gasteiger partial charge in [0.05, 0.1) is 0 Å². The second-order valence-electron chi connectivity index (χ2n) is 3.65. The van der Waals surface area contributed by atoms with Gasteiger partial charge in [0, 0.05) is 5.56 Å². The Kier molecular flexibility index (Phi) is 2.92. The van der Waals surface area contributed by atoms with Crippen molar-refractivity contribution in [2.75, 3.05) is 6.61 Å². The Labute approximate surface area is 93.7 Å². The van der Waals surface area contributed by atoms with E-state index < -0.39 is 12.0 Å². The zero-order valence-corrected chi connectivity index (χ0v) is 8.97. The Morgan fingerprint density at radius 2 is 2.25 bits per heavy atom. The first-order valence-corrected chi connectivity index (χ1v) is 5.06. The molecule has 0 saturated carbocycles. The van der Waals surface area contributed by atoms with Crippen LogP contribution in [0.5, 0.6) is 5.75 Å². The normalized spacial score (nSPS) is 15.5. The number of esters is 1. The average Bonchev–Trinajstić information content (AvgIpc) is 2.28. The van der Waals surface area contributed by atoms with Crippen LogP contribution in [0.2, 0.25) is 0 Å². The van der Waals surface area contributed by atoms with Gasteiger partial charge in [0.15, 0.2) is 0 Å². The standard InChI is InChI=1S/C12H13NO3/c1-8(13)12(14)16-10-6-9-4-2-3-5-11(9)15-7-10/h2-6,8H,7,13H2,1H3/t8-/m0/s1. The van der Waals surface area contributed by atoms with Gasteiger partial charge >= 0.3 is 5.97 Å². The molecular weight excluding hydrogens is 206 g/mol. The van der Waals surface area contributed by atoms with Gasteiger partial charge in [-0.05, 0) is 19.1 Å². The SMILES string of the molecule is C[C@H](N)C(=O)OC1=Cc2ccccc2OC1. The van der Waals surface area contributed by atoms with E-state index in [1.807, 2.05) is 24.3 Å². The molecule has 1 atom stereocenters. The molecule has 2 rings (SSSR count). The average molecular weight is 219 g/mol. The maximum absolute atomic E-state index is 11.3. The molecule has 0 saturated heterocycles. The molecule has 0 unspecified atom stereocenters. The number of rotatable bonds is 2. The van der Waals surface area contributed by atoms with Crippen molar-refractivity contribution in [1.82, 2.24) is 0 Å². The lowest BCUT2D eigenvalue weighted by atomic mass is 10.1. The fourth-order valence-corrected chi connectivity index (χ4v) is 1.38. The van der Waals surface area contributed by atoms with E-state index in [9.17, 15) is 4.79 Å². The van der Waals surface area contributed by atoms with Crippen LogP contribution in [0.1, 0.15) is 12.5 Å². The summed E-state index contributed by atoms with van der Waals surface area (Å²) < 4.78 is 10.5. The number of carbonyl (C=O) groups is 1. The van der Waals surface area contributed by atoms with Crippen molar-refractivity contribution in [3.05, 3.63) is 35.6 Å². The van der Waals surface area contributed by atoms with Crippen molar-refractivity contribution in [3.63, 3.8) is 0 Å². The van der Waals surface area contributed by atoms with Crippen molar-refractivity contribution in [1.29, 1.82) is 0 Å². The lowest BCUT2D eigenvalue weighted by Gasteiger charge is -2.17. The smallest absolute Gasteiger partial charge is 0.327 e. The number of ether oxygens (including phenoxy) is 2. The van der Waals surface area contributed by atoms with Gasteiger partial charge in [0.2, 0.25) is 0 Å². The first-order chi connectivity index (χ1) is 7.66. The third-order valence-electron chi connectivity index (χ3n) is 2.21. The summed E-state index contributed by atoms with van der Waals surface area (Å²) in [5.74, 6) is 0.832. The molecule has 0 aliphatic carbocycles. The van der Waals surface area contributed by atoms with Gasteiger partial charge in [0.25, 0.3) is 0 Å². The minimum Gasteiger partial charge on any atom is -0.485 e. The molecule has 2 N–H and O–H groups in total. The Morgan fingerprint density at radius 3 is 3.00 bits per heavy atom. The number of para-hydroxylation sites is 1. The Morgan fingerprint density at radius 1 is 1.50 bits per heavy atom. The Balaban J connectivity index is 2.15. The first-order valence-electron chi connectivity index (χ1n) is 5.06. The summed E-state index contributed by atoms with van der Waals surface area (Å²) >= 11 is 0. The van der Waals surface area contributed by atoms with E-state index in [-0.39, 0.29) is 6.61 Å². The second kappa shape index (κ2) is 4.37. The zero-order chi connectivity index (χ0) is 11.5. The first kappa shape index (κ1) is 10.7. The van der Waals surface area contributed by atoms with E-state index in [2.05, 4.69) is 0 Å². The highest BCUT2D eigenvalue weighted by atomic mass is 16.6. The molecule has 0 radical (unpaired) electrons. The molecule has 1 aromatic carbocycles. The highest BCUT2D eigenvalue weighted by Gasteiger charge is 2.16. The van der Waals surface area contributed by atoms with Crippen molar-refractivity contribution >= 4 is 12.0 Å². The van der Waals surface area contributed by atoms with Gasteiger partial charge in [-0.15, -0.1) is 0 Å². The molecule has 1 aliphatic rings. The summed E-state index contributed by atoms with van der Waals surface area (Å²) in [6.07, 6.45) is 1.79. The predicted octanol–water partition coefficient (Wildman–Crippen LogP) is 1.31. The maximum atomic E-state index is 11.3. The minimum absolute atomic E-state index is 0.259. The largest absolute Gasteiger partial charge is 0.485 e. The Bertz CT molecular complexity index is 438. The lowest BCUT2D eigenvalue weighted by molar-refractivity contribution is -0.141. The molecular formula is C12H13NO3. The summed E-state index contributed by atoms with van der Waals surface area (Å²) in [7, 11) is 0. The molecule has 4 heteroatoms. The van der Waals surface area contributed by atoms with Crippen LogP contribution in [0, 0.1) is 0 Å². The maximum Gasteiger partial charge on any atom is 0.327 e. The fourth-order valence-electron chi connectivity index (χ4n) is 1.38. The van der Waals surface area contributed by atoms with Gasteiger partial charge in [-0.25, -0.2) is 4.79 Å². The molecule has 1 aromatic rings. The molecule has 1 aliphatic heterocycles. The highest BCUT2D eigenvalue weighted by molar-refractivity contribution is 5.77. The topological polar surface area (TPSA) is 61.6 Å².